The van der Waals surface area contributed by atoms with Crippen LogP contribution in [-0.2, 0) is 11.3 Å². The lowest BCUT2D eigenvalue weighted by Gasteiger charge is -2.11. The lowest BCUT2D eigenvalue weighted by atomic mass is 10.1. The Balaban J connectivity index is 1.71. The maximum absolute atomic E-state index is 11.7. The number of hydrogen-bond acceptors (Lipinski definition) is 7. The first-order valence-electron chi connectivity index (χ1n) is 9.63. The largest absolute Gasteiger partial charge is 0.495 e. The van der Waals surface area contributed by atoms with Gasteiger partial charge in [-0.1, -0.05) is 41.4 Å². The molecular weight excluding hydrogens is 469 g/mol. The van der Waals surface area contributed by atoms with Crippen LogP contribution in [0.5, 0.6) is 5.75 Å². The van der Waals surface area contributed by atoms with E-state index in [1.807, 2.05) is 25.1 Å². The van der Waals surface area contributed by atoms with Gasteiger partial charge in [-0.2, -0.15) is 0 Å². The van der Waals surface area contributed by atoms with Gasteiger partial charge in [0.2, 0.25) is 0 Å². The number of anilines is 1. The minimum atomic E-state index is -0.394. The molecule has 0 amide bonds. The molecule has 9 heteroatoms. The molecule has 4 rings (SSSR count). The molecule has 164 valence electrons. The highest BCUT2D eigenvalue weighted by molar-refractivity contribution is 7.19. The Morgan fingerprint density at radius 3 is 2.50 bits per heavy atom. The third-order valence-electron chi connectivity index (χ3n) is 4.89. The molecule has 0 aliphatic carbocycles. The average Bonchev–Trinajstić information content (AvgIpc) is 3.10. The molecule has 0 atom stereocenters. The van der Waals surface area contributed by atoms with Gasteiger partial charge in [0, 0.05) is 17.0 Å². The normalized spacial score (nSPS) is 10.9. The topological polar surface area (TPSA) is 73.3 Å². The summed E-state index contributed by atoms with van der Waals surface area (Å²) in [5.74, 6) is 1.38. The van der Waals surface area contributed by atoms with Crippen molar-refractivity contribution in [2.75, 3.05) is 19.5 Å². The summed E-state index contributed by atoms with van der Waals surface area (Å²) in [5, 5.41) is 5.32. The molecule has 0 bridgehead atoms. The minimum absolute atomic E-state index is 0.394. The second-order valence-corrected chi connectivity index (χ2v) is 8.93. The molecule has 0 saturated heterocycles. The molecule has 0 spiro atoms. The predicted octanol–water partition coefficient (Wildman–Crippen LogP) is 6.38. The highest BCUT2D eigenvalue weighted by Gasteiger charge is 2.17. The van der Waals surface area contributed by atoms with Crippen LogP contribution in [-0.4, -0.2) is 30.2 Å². The van der Waals surface area contributed by atoms with Crippen LogP contribution in [0.3, 0.4) is 0 Å². The van der Waals surface area contributed by atoms with Gasteiger partial charge >= 0.3 is 5.97 Å². The number of thiophene rings is 1. The first-order valence-corrected chi connectivity index (χ1v) is 11.2. The van der Waals surface area contributed by atoms with E-state index < -0.39 is 5.97 Å². The Kier molecular flexibility index (Phi) is 6.50. The number of halogens is 2. The molecular formula is C23H19Cl2N3O3S. The first kappa shape index (κ1) is 22.3. The molecule has 0 fully saturated rings. The number of ether oxygens (including phenoxy) is 2. The summed E-state index contributed by atoms with van der Waals surface area (Å²) < 4.78 is 9.98. The Hall–Kier alpha value is -2.87. The summed E-state index contributed by atoms with van der Waals surface area (Å²) >= 11 is 14.3. The number of hydrogen-bond donors (Lipinski definition) is 1. The lowest BCUT2D eigenvalue weighted by molar-refractivity contribution is 0.0600. The number of esters is 1. The number of carbonyl (C=O) groups is 1. The molecule has 2 aromatic carbocycles. The van der Waals surface area contributed by atoms with Gasteiger partial charge in [0.05, 0.1) is 35.2 Å². The van der Waals surface area contributed by atoms with Gasteiger partial charge < -0.3 is 14.8 Å². The van der Waals surface area contributed by atoms with E-state index in [1.54, 1.807) is 31.4 Å². The monoisotopic (exact) mass is 487 g/mol. The highest BCUT2D eigenvalue weighted by atomic mass is 35.5. The van der Waals surface area contributed by atoms with Gasteiger partial charge in [0.1, 0.15) is 16.4 Å². The molecule has 1 N–H and O–H groups in total. The van der Waals surface area contributed by atoms with Crippen molar-refractivity contribution in [3.05, 3.63) is 68.5 Å². The van der Waals surface area contributed by atoms with Gasteiger partial charge in [0.15, 0.2) is 5.82 Å². The van der Waals surface area contributed by atoms with Crippen LogP contribution in [0, 0.1) is 6.92 Å². The van der Waals surface area contributed by atoms with Crippen molar-refractivity contribution >= 4 is 56.5 Å². The van der Waals surface area contributed by atoms with E-state index in [-0.39, 0.29) is 0 Å². The number of rotatable bonds is 6. The summed E-state index contributed by atoms with van der Waals surface area (Å²) in [7, 11) is 2.93. The third kappa shape index (κ3) is 4.37. The second kappa shape index (κ2) is 9.32. The fourth-order valence-corrected chi connectivity index (χ4v) is 4.76. The number of nitrogens with zero attached hydrogens (tertiary/aromatic N) is 2. The second-order valence-electron chi connectivity index (χ2n) is 6.94. The summed E-state index contributed by atoms with van der Waals surface area (Å²) in [5.41, 5.74) is 2.20. The molecule has 32 heavy (non-hydrogen) atoms. The van der Waals surface area contributed by atoms with E-state index in [2.05, 4.69) is 5.32 Å². The van der Waals surface area contributed by atoms with E-state index in [0.717, 1.165) is 26.2 Å². The van der Waals surface area contributed by atoms with Gasteiger partial charge in [-0.05, 0) is 36.8 Å². The molecule has 2 heterocycles. The van der Waals surface area contributed by atoms with Crippen molar-refractivity contribution in [2.45, 2.75) is 13.5 Å². The molecule has 6 nitrogen and oxygen atoms in total. The molecule has 0 aliphatic heterocycles. The smallest absolute Gasteiger partial charge is 0.337 e. The van der Waals surface area contributed by atoms with Crippen molar-refractivity contribution < 1.29 is 14.3 Å². The van der Waals surface area contributed by atoms with Crippen molar-refractivity contribution in [3.8, 4) is 17.1 Å². The van der Waals surface area contributed by atoms with Gasteiger partial charge in [0.25, 0.3) is 0 Å². The number of carbonyl (C=O) groups excluding carboxylic acids is 1. The molecule has 0 radical (unpaired) electrons. The fraction of sp³-hybridized carbons (Fsp3) is 0.174. The van der Waals surface area contributed by atoms with E-state index in [1.165, 1.54) is 18.4 Å². The summed E-state index contributed by atoms with van der Waals surface area (Å²) in [6.07, 6.45) is 0. The summed E-state index contributed by atoms with van der Waals surface area (Å²) in [4.78, 5) is 22.9. The number of aromatic nitrogens is 2. The zero-order valence-electron chi connectivity index (χ0n) is 17.5. The van der Waals surface area contributed by atoms with Crippen LogP contribution in [0.1, 0.15) is 20.8 Å². The van der Waals surface area contributed by atoms with E-state index in [9.17, 15) is 4.79 Å². The third-order valence-corrected chi connectivity index (χ3v) is 6.77. The Labute approximate surface area is 199 Å². The standard InChI is InChI=1S/C23H19Cl2N3O3S/c1-12-19(25)18-21(26-11-13-4-9-17(30-2)16(24)10-13)27-20(28-22(18)32-12)14-5-7-15(8-6-14)23(29)31-3/h4-10H,11H2,1-3H3,(H,26,27,28). The molecule has 2 aromatic heterocycles. The summed E-state index contributed by atoms with van der Waals surface area (Å²) in [6, 6.07) is 12.6. The number of nitrogens with one attached hydrogen (secondary N) is 1. The van der Waals surface area contributed by atoms with Crippen LogP contribution in [0.2, 0.25) is 10.0 Å². The van der Waals surface area contributed by atoms with E-state index in [4.69, 9.17) is 42.6 Å². The molecule has 0 unspecified atom stereocenters. The fourth-order valence-electron chi connectivity index (χ4n) is 3.21. The Bertz CT molecular complexity index is 1310. The molecule has 0 saturated carbocycles. The van der Waals surface area contributed by atoms with Crippen LogP contribution in [0.15, 0.2) is 42.5 Å². The van der Waals surface area contributed by atoms with Gasteiger partial charge in [-0.3, -0.25) is 0 Å². The van der Waals surface area contributed by atoms with Crippen molar-refractivity contribution in [2.24, 2.45) is 0 Å². The Morgan fingerprint density at radius 2 is 1.84 bits per heavy atom. The summed E-state index contributed by atoms with van der Waals surface area (Å²) in [6.45, 7) is 2.44. The maximum Gasteiger partial charge on any atom is 0.337 e. The van der Waals surface area contributed by atoms with Crippen molar-refractivity contribution in [1.29, 1.82) is 0 Å². The maximum atomic E-state index is 11.7. The zero-order chi connectivity index (χ0) is 22.8. The van der Waals surface area contributed by atoms with Crippen LogP contribution in [0.25, 0.3) is 21.6 Å². The lowest BCUT2D eigenvalue weighted by Crippen LogP contribution is -2.04. The zero-order valence-corrected chi connectivity index (χ0v) is 19.9. The average molecular weight is 488 g/mol. The SMILES string of the molecule is COC(=O)c1ccc(-c2nc(NCc3ccc(OC)c(Cl)c3)c3c(Cl)c(C)sc3n2)cc1. The number of aryl methyl sites for hydroxylation is 1. The number of benzene rings is 2. The van der Waals surface area contributed by atoms with Gasteiger partial charge in [-0.25, -0.2) is 14.8 Å². The first-order chi connectivity index (χ1) is 15.4. The highest BCUT2D eigenvalue weighted by Crippen LogP contribution is 2.39. The van der Waals surface area contributed by atoms with Crippen LogP contribution in [0.4, 0.5) is 5.82 Å². The Morgan fingerprint density at radius 1 is 1.09 bits per heavy atom. The number of fused-ring (bicyclic) bond motifs is 1. The van der Waals surface area contributed by atoms with Crippen LogP contribution >= 0.6 is 34.5 Å². The molecule has 0 aliphatic rings. The number of methoxy groups -OCH3 is 2. The quantitative estimate of drug-likeness (QED) is 0.318. The van der Waals surface area contributed by atoms with Gasteiger partial charge in [-0.15, -0.1) is 11.3 Å². The van der Waals surface area contributed by atoms with Crippen molar-refractivity contribution in [1.82, 2.24) is 9.97 Å². The van der Waals surface area contributed by atoms with Crippen molar-refractivity contribution in [3.63, 3.8) is 0 Å². The van der Waals surface area contributed by atoms with E-state index >= 15 is 0 Å². The minimum Gasteiger partial charge on any atom is -0.495 e. The van der Waals surface area contributed by atoms with E-state index in [0.29, 0.717) is 39.5 Å². The molecule has 4 aromatic rings. The predicted molar refractivity (Wildman–Crippen MR) is 129 cm³/mol. The van der Waals surface area contributed by atoms with Crippen LogP contribution < -0.4 is 10.1 Å².